The van der Waals surface area contributed by atoms with E-state index in [1.54, 1.807) is 18.3 Å². The summed E-state index contributed by atoms with van der Waals surface area (Å²) in [6.45, 7) is 4.13. The summed E-state index contributed by atoms with van der Waals surface area (Å²) in [5, 5.41) is 7.13. The van der Waals surface area contributed by atoms with Gasteiger partial charge in [-0.2, -0.15) is 4.98 Å². The Morgan fingerprint density at radius 2 is 2.07 bits per heavy atom. The van der Waals surface area contributed by atoms with Crippen LogP contribution in [-0.2, 0) is 6.54 Å². The Morgan fingerprint density at radius 3 is 2.89 bits per heavy atom. The van der Waals surface area contributed by atoms with Crippen molar-refractivity contribution in [3.8, 4) is 11.4 Å². The van der Waals surface area contributed by atoms with Crippen LogP contribution < -0.4 is 10.9 Å². The molecule has 0 radical (unpaired) electrons. The van der Waals surface area contributed by atoms with Crippen LogP contribution in [0, 0.1) is 12.7 Å². The Kier molecular flexibility index (Phi) is 4.70. The van der Waals surface area contributed by atoms with Crippen molar-refractivity contribution < 1.29 is 8.91 Å². The fraction of sp³-hybridized carbons (Fsp3) is 0.200. The average Bonchev–Trinajstić information content (AvgIpc) is 3.17. The Labute approximate surface area is 159 Å². The van der Waals surface area contributed by atoms with Crippen LogP contribution >= 0.6 is 0 Å². The second kappa shape index (κ2) is 7.32. The molecule has 0 saturated heterocycles. The largest absolute Gasteiger partial charge is 0.337 e. The van der Waals surface area contributed by atoms with Crippen LogP contribution in [0.5, 0.6) is 0 Å². The van der Waals surface area contributed by atoms with E-state index in [2.05, 4.69) is 20.4 Å². The molecule has 0 saturated carbocycles. The fourth-order valence-electron chi connectivity index (χ4n) is 2.90. The third-order valence-electron chi connectivity index (χ3n) is 4.42. The van der Waals surface area contributed by atoms with Crippen LogP contribution in [0.4, 0.5) is 4.39 Å². The van der Waals surface area contributed by atoms with Crippen molar-refractivity contribution in [1.29, 1.82) is 0 Å². The minimum atomic E-state index is -0.362. The number of benzene rings is 1. The van der Waals surface area contributed by atoms with E-state index in [1.165, 1.54) is 22.6 Å². The summed E-state index contributed by atoms with van der Waals surface area (Å²) in [4.78, 5) is 21.2. The maximum Gasteiger partial charge on any atom is 0.258 e. The van der Waals surface area contributed by atoms with Gasteiger partial charge in [-0.3, -0.25) is 9.20 Å². The van der Waals surface area contributed by atoms with Gasteiger partial charge in [-0.05, 0) is 37.6 Å². The standard InChI is InChI=1S/C20H18FN5O2/c1-12-5-4-8-26-17(27)10-16(23-19(12)26)11-22-13(2)20-24-18(25-28-20)14-6-3-7-15(21)9-14/h3-10,13,22H,11H2,1-2H3. The van der Waals surface area contributed by atoms with E-state index in [0.717, 1.165) is 5.56 Å². The summed E-state index contributed by atoms with van der Waals surface area (Å²) in [7, 11) is 0. The van der Waals surface area contributed by atoms with Gasteiger partial charge in [0.15, 0.2) is 0 Å². The number of fused-ring (bicyclic) bond motifs is 1. The number of hydrogen-bond acceptors (Lipinski definition) is 6. The van der Waals surface area contributed by atoms with E-state index in [4.69, 9.17) is 4.52 Å². The van der Waals surface area contributed by atoms with E-state index in [1.807, 2.05) is 26.0 Å². The van der Waals surface area contributed by atoms with E-state index < -0.39 is 0 Å². The van der Waals surface area contributed by atoms with E-state index in [0.29, 0.717) is 35.2 Å². The number of rotatable bonds is 5. The van der Waals surface area contributed by atoms with Crippen LogP contribution in [-0.4, -0.2) is 19.5 Å². The topological polar surface area (TPSA) is 85.3 Å². The normalized spacial score (nSPS) is 12.4. The molecule has 0 bridgehead atoms. The molecule has 1 N–H and O–H groups in total. The SMILES string of the molecule is Cc1cccn2c(=O)cc(CNC(C)c3nc(-c4cccc(F)c4)no3)nc12. The molecule has 0 aliphatic carbocycles. The lowest BCUT2D eigenvalue weighted by molar-refractivity contribution is 0.338. The molecule has 0 fully saturated rings. The van der Waals surface area contributed by atoms with Gasteiger partial charge in [0.2, 0.25) is 11.7 Å². The molecule has 3 heterocycles. The summed E-state index contributed by atoms with van der Waals surface area (Å²) in [5.41, 5.74) is 2.58. The van der Waals surface area contributed by atoms with Gasteiger partial charge in [-0.1, -0.05) is 23.4 Å². The molecule has 1 unspecified atom stereocenters. The van der Waals surface area contributed by atoms with E-state index >= 15 is 0 Å². The zero-order valence-electron chi connectivity index (χ0n) is 15.4. The third kappa shape index (κ3) is 3.54. The third-order valence-corrected chi connectivity index (χ3v) is 4.42. The fourth-order valence-corrected chi connectivity index (χ4v) is 2.90. The van der Waals surface area contributed by atoms with Crippen molar-refractivity contribution >= 4 is 5.65 Å². The zero-order valence-corrected chi connectivity index (χ0v) is 15.4. The highest BCUT2D eigenvalue weighted by Crippen LogP contribution is 2.19. The lowest BCUT2D eigenvalue weighted by Gasteiger charge is -2.10. The molecule has 4 aromatic rings. The van der Waals surface area contributed by atoms with E-state index in [-0.39, 0.29) is 17.4 Å². The van der Waals surface area contributed by atoms with Crippen molar-refractivity contribution in [2.24, 2.45) is 0 Å². The van der Waals surface area contributed by atoms with Gasteiger partial charge in [-0.15, -0.1) is 0 Å². The van der Waals surface area contributed by atoms with Gasteiger partial charge in [0.25, 0.3) is 5.56 Å². The van der Waals surface area contributed by atoms with Crippen molar-refractivity contribution in [2.45, 2.75) is 26.4 Å². The monoisotopic (exact) mass is 379 g/mol. The minimum absolute atomic E-state index is 0.135. The Bertz CT molecular complexity index is 1200. The maximum absolute atomic E-state index is 13.4. The molecule has 1 atom stereocenters. The number of nitrogens with zero attached hydrogens (tertiary/aromatic N) is 4. The summed E-state index contributed by atoms with van der Waals surface area (Å²) in [6, 6.07) is 11.0. The van der Waals surface area contributed by atoms with Crippen molar-refractivity contribution in [2.75, 3.05) is 0 Å². The molecule has 3 aromatic heterocycles. The Morgan fingerprint density at radius 1 is 1.21 bits per heavy atom. The molecular formula is C20H18FN5O2. The van der Waals surface area contributed by atoms with Gasteiger partial charge in [0.05, 0.1) is 11.7 Å². The summed E-state index contributed by atoms with van der Waals surface area (Å²) < 4.78 is 20.2. The highest BCUT2D eigenvalue weighted by molar-refractivity contribution is 5.53. The Hall–Kier alpha value is -3.39. The molecule has 8 heteroatoms. The molecular weight excluding hydrogens is 361 g/mol. The minimum Gasteiger partial charge on any atom is -0.337 e. The Balaban J connectivity index is 1.51. The van der Waals surface area contributed by atoms with Gasteiger partial charge in [-0.25, -0.2) is 9.37 Å². The number of hydrogen-bond donors (Lipinski definition) is 1. The first kappa shape index (κ1) is 18.0. The molecule has 1 aromatic carbocycles. The number of halogens is 1. The predicted molar refractivity (Wildman–Crippen MR) is 101 cm³/mol. The smallest absolute Gasteiger partial charge is 0.258 e. The molecule has 0 amide bonds. The predicted octanol–water partition coefficient (Wildman–Crippen LogP) is 3.04. The first-order valence-corrected chi connectivity index (χ1v) is 8.82. The van der Waals surface area contributed by atoms with Crippen LogP contribution in [0.2, 0.25) is 0 Å². The molecule has 0 spiro atoms. The van der Waals surface area contributed by atoms with Crippen LogP contribution in [0.1, 0.15) is 30.1 Å². The van der Waals surface area contributed by atoms with E-state index in [9.17, 15) is 9.18 Å². The number of aryl methyl sites for hydroxylation is 1. The summed E-state index contributed by atoms with van der Waals surface area (Å²) in [5.74, 6) is 0.327. The van der Waals surface area contributed by atoms with Crippen molar-refractivity contribution in [3.05, 3.63) is 82.0 Å². The first-order valence-electron chi connectivity index (χ1n) is 8.82. The van der Waals surface area contributed by atoms with Gasteiger partial charge in [0.1, 0.15) is 11.5 Å². The van der Waals surface area contributed by atoms with Gasteiger partial charge >= 0.3 is 0 Å². The highest BCUT2D eigenvalue weighted by Gasteiger charge is 2.16. The first-order chi connectivity index (χ1) is 13.5. The average molecular weight is 379 g/mol. The number of nitrogens with one attached hydrogen (secondary N) is 1. The van der Waals surface area contributed by atoms with Crippen molar-refractivity contribution in [1.82, 2.24) is 24.8 Å². The second-order valence-electron chi connectivity index (χ2n) is 6.54. The van der Waals surface area contributed by atoms with Crippen LogP contribution in [0.3, 0.4) is 0 Å². The lowest BCUT2D eigenvalue weighted by Crippen LogP contribution is -2.22. The molecule has 28 heavy (non-hydrogen) atoms. The molecule has 0 aliphatic heterocycles. The quantitative estimate of drug-likeness (QED) is 0.574. The molecule has 4 rings (SSSR count). The summed E-state index contributed by atoms with van der Waals surface area (Å²) in [6.07, 6.45) is 1.70. The zero-order chi connectivity index (χ0) is 19.7. The number of aromatic nitrogens is 4. The second-order valence-corrected chi connectivity index (χ2v) is 6.54. The van der Waals surface area contributed by atoms with Crippen molar-refractivity contribution in [3.63, 3.8) is 0 Å². The summed E-state index contributed by atoms with van der Waals surface area (Å²) >= 11 is 0. The lowest BCUT2D eigenvalue weighted by atomic mass is 10.2. The number of pyridine rings is 1. The van der Waals surface area contributed by atoms with Gasteiger partial charge in [0, 0.05) is 24.4 Å². The highest BCUT2D eigenvalue weighted by atomic mass is 19.1. The molecule has 0 aliphatic rings. The van der Waals surface area contributed by atoms with Crippen LogP contribution in [0.25, 0.3) is 17.0 Å². The molecule has 7 nitrogen and oxygen atoms in total. The molecule has 142 valence electrons. The van der Waals surface area contributed by atoms with Gasteiger partial charge < -0.3 is 9.84 Å². The van der Waals surface area contributed by atoms with Crippen LogP contribution in [0.15, 0.2) is 58.0 Å². The maximum atomic E-state index is 13.4.